The third-order valence-electron chi connectivity index (χ3n) is 2.75. The number of rotatable bonds is 2. The van der Waals surface area contributed by atoms with Gasteiger partial charge < -0.3 is 4.57 Å². The van der Waals surface area contributed by atoms with E-state index >= 15 is 0 Å². The van der Waals surface area contributed by atoms with Crippen molar-refractivity contribution in [3.63, 3.8) is 0 Å². The predicted molar refractivity (Wildman–Crippen MR) is 61.7 cm³/mol. The quantitative estimate of drug-likeness (QED) is 0.674. The maximum atomic E-state index is 2.40. The highest BCUT2D eigenvalue weighted by Crippen LogP contribution is 2.24. The van der Waals surface area contributed by atoms with Crippen LogP contribution in [0.5, 0.6) is 0 Å². The molecule has 74 valence electrons. The highest BCUT2D eigenvalue weighted by atomic mass is 15.0. The second-order valence-corrected chi connectivity index (χ2v) is 4.03. The third-order valence-corrected chi connectivity index (χ3v) is 2.75. The molecule has 2 aromatic rings. The largest absolute Gasteiger partial charge is 0.345 e. The molecule has 0 fully saturated rings. The first-order valence-corrected chi connectivity index (χ1v) is 5.32. The van der Waals surface area contributed by atoms with Crippen LogP contribution in [0.25, 0.3) is 10.9 Å². The van der Waals surface area contributed by atoms with E-state index in [1.165, 1.54) is 16.6 Å². The Hall–Kier alpha value is -1.24. The van der Waals surface area contributed by atoms with E-state index in [2.05, 4.69) is 55.7 Å². The molecule has 0 amide bonds. The molecule has 0 aliphatic heterocycles. The molecule has 1 heteroatoms. The van der Waals surface area contributed by atoms with Crippen molar-refractivity contribution in [3.05, 3.63) is 36.0 Å². The molecule has 0 saturated heterocycles. The monoisotopic (exact) mass is 187 g/mol. The zero-order valence-electron chi connectivity index (χ0n) is 9.12. The summed E-state index contributed by atoms with van der Waals surface area (Å²) in [6.45, 7) is 7.76. The van der Waals surface area contributed by atoms with Crippen molar-refractivity contribution in [1.82, 2.24) is 4.57 Å². The van der Waals surface area contributed by atoms with E-state index in [1.54, 1.807) is 0 Å². The molecule has 1 aromatic carbocycles. The van der Waals surface area contributed by atoms with Gasteiger partial charge in [0.15, 0.2) is 0 Å². The Balaban J connectivity index is 2.72. The van der Waals surface area contributed by atoms with E-state index in [9.17, 15) is 0 Å². The lowest BCUT2D eigenvalue weighted by Crippen LogP contribution is -2.01. The van der Waals surface area contributed by atoms with Crippen LogP contribution >= 0.6 is 0 Å². The Labute approximate surface area is 85.4 Å². The molecule has 0 spiro atoms. The fourth-order valence-corrected chi connectivity index (χ4v) is 2.06. The number of hydrogen-bond donors (Lipinski definition) is 0. The predicted octanol–water partition coefficient (Wildman–Crippen LogP) is 3.78. The van der Waals surface area contributed by atoms with E-state index < -0.39 is 0 Å². The average molecular weight is 187 g/mol. The fourth-order valence-electron chi connectivity index (χ4n) is 2.06. The standard InChI is InChI=1S/C13H17N/c1-4-14-12-8-6-5-7-11(12)9-13(14)10(2)3/h5-10H,4H2,1-3H3. The van der Waals surface area contributed by atoms with Crippen molar-refractivity contribution in [2.75, 3.05) is 0 Å². The summed E-state index contributed by atoms with van der Waals surface area (Å²) >= 11 is 0. The molecule has 0 atom stereocenters. The van der Waals surface area contributed by atoms with Crippen LogP contribution in [0.15, 0.2) is 30.3 Å². The Morgan fingerprint density at radius 1 is 1.21 bits per heavy atom. The summed E-state index contributed by atoms with van der Waals surface area (Å²) in [5.41, 5.74) is 2.80. The van der Waals surface area contributed by atoms with Crippen LogP contribution < -0.4 is 0 Å². The van der Waals surface area contributed by atoms with Crippen molar-refractivity contribution in [1.29, 1.82) is 0 Å². The van der Waals surface area contributed by atoms with Gasteiger partial charge in [-0.05, 0) is 30.4 Å². The van der Waals surface area contributed by atoms with Crippen LogP contribution in [0.1, 0.15) is 32.4 Å². The molecular formula is C13H17N. The lowest BCUT2D eigenvalue weighted by atomic mass is 10.1. The van der Waals surface area contributed by atoms with Gasteiger partial charge in [-0.15, -0.1) is 0 Å². The highest BCUT2D eigenvalue weighted by Gasteiger charge is 2.09. The summed E-state index contributed by atoms with van der Waals surface area (Å²) in [4.78, 5) is 0. The number of para-hydroxylation sites is 1. The van der Waals surface area contributed by atoms with Crippen molar-refractivity contribution in [2.24, 2.45) is 0 Å². The Kier molecular flexibility index (Phi) is 2.32. The van der Waals surface area contributed by atoms with E-state index in [1.807, 2.05) is 0 Å². The first-order valence-electron chi connectivity index (χ1n) is 5.32. The van der Waals surface area contributed by atoms with Gasteiger partial charge in [-0.3, -0.25) is 0 Å². The van der Waals surface area contributed by atoms with Crippen molar-refractivity contribution >= 4 is 10.9 Å². The molecule has 0 N–H and O–H groups in total. The minimum atomic E-state index is 0.599. The normalized spacial score (nSPS) is 11.4. The first kappa shape index (κ1) is 9.32. The van der Waals surface area contributed by atoms with Gasteiger partial charge >= 0.3 is 0 Å². The number of benzene rings is 1. The van der Waals surface area contributed by atoms with Crippen LogP contribution in [0, 0.1) is 0 Å². The summed E-state index contributed by atoms with van der Waals surface area (Å²) in [5, 5.41) is 1.36. The van der Waals surface area contributed by atoms with E-state index in [0.717, 1.165) is 6.54 Å². The zero-order chi connectivity index (χ0) is 10.1. The average Bonchev–Trinajstić information content (AvgIpc) is 2.56. The van der Waals surface area contributed by atoms with Gasteiger partial charge in [0, 0.05) is 17.8 Å². The lowest BCUT2D eigenvalue weighted by Gasteiger charge is -2.10. The number of nitrogens with zero attached hydrogens (tertiary/aromatic N) is 1. The summed E-state index contributed by atoms with van der Waals surface area (Å²) in [7, 11) is 0. The molecular weight excluding hydrogens is 170 g/mol. The summed E-state index contributed by atoms with van der Waals surface area (Å²) < 4.78 is 2.40. The van der Waals surface area contributed by atoms with Crippen LogP contribution in [0.4, 0.5) is 0 Å². The molecule has 1 aromatic heterocycles. The van der Waals surface area contributed by atoms with Crippen LogP contribution in [-0.4, -0.2) is 4.57 Å². The number of fused-ring (bicyclic) bond motifs is 1. The van der Waals surface area contributed by atoms with E-state index in [-0.39, 0.29) is 0 Å². The van der Waals surface area contributed by atoms with Crippen LogP contribution in [-0.2, 0) is 6.54 Å². The molecule has 0 saturated carbocycles. The minimum Gasteiger partial charge on any atom is -0.345 e. The van der Waals surface area contributed by atoms with Gasteiger partial charge in [0.1, 0.15) is 0 Å². The third kappa shape index (κ3) is 1.33. The second-order valence-electron chi connectivity index (χ2n) is 4.03. The first-order chi connectivity index (χ1) is 6.74. The molecule has 0 unspecified atom stereocenters. The topological polar surface area (TPSA) is 4.93 Å². The summed E-state index contributed by atoms with van der Waals surface area (Å²) in [6, 6.07) is 10.9. The maximum Gasteiger partial charge on any atom is 0.0482 e. The fraction of sp³-hybridized carbons (Fsp3) is 0.385. The van der Waals surface area contributed by atoms with Crippen molar-refractivity contribution in [2.45, 2.75) is 33.2 Å². The second kappa shape index (κ2) is 3.49. The van der Waals surface area contributed by atoms with Gasteiger partial charge in [0.2, 0.25) is 0 Å². The molecule has 1 heterocycles. The summed E-state index contributed by atoms with van der Waals surface area (Å²) in [6.07, 6.45) is 0. The van der Waals surface area contributed by atoms with Gasteiger partial charge in [-0.1, -0.05) is 32.0 Å². The molecule has 0 aliphatic rings. The highest BCUT2D eigenvalue weighted by molar-refractivity contribution is 5.81. The Bertz CT molecular complexity index is 437. The number of aryl methyl sites for hydroxylation is 1. The number of aromatic nitrogens is 1. The molecule has 0 bridgehead atoms. The van der Waals surface area contributed by atoms with Gasteiger partial charge in [-0.25, -0.2) is 0 Å². The van der Waals surface area contributed by atoms with Crippen LogP contribution in [0.3, 0.4) is 0 Å². The smallest absolute Gasteiger partial charge is 0.0482 e. The molecule has 2 rings (SSSR count). The molecule has 0 aliphatic carbocycles. The van der Waals surface area contributed by atoms with E-state index in [4.69, 9.17) is 0 Å². The van der Waals surface area contributed by atoms with Crippen LogP contribution in [0.2, 0.25) is 0 Å². The summed E-state index contributed by atoms with van der Waals surface area (Å²) in [5.74, 6) is 0.599. The van der Waals surface area contributed by atoms with Crippen molar-refractivity contribution < 1.29 is 0 Å². The molecule has 14 heavy (non-hydrogen) atoms. The Morgan fingerprint density at radius 2 is 1.93 bits per heavy atom. The minimum absolute atomic E-state index is 0.599. The zero-order valence-corrected chi connectivity index (χ0v) is 9.12. The van der Waals surface area contributed by atoms with Crippen molar-refractivity contribution in [3.8, 4) is 0 Å². The SMILES string of the molecule is CCn1c(C(C)C)cc2ccccc21. The molecule has 0 radical (unpaired) electrons. The Morgan fingerprint density at radius 3 is 2.57 bits per heavy atom. The molecule has 1 nitrogen and oxygen atoms in total. The van der Waals surface area contributed by atoms with Gasteiger partial charge in [0.25, 0.3) is 0 Å². The lowest BCUT2D eigenvalue weighted by molar-refractivity contribution is 0.691. The maximum absolute atomic E-state index is 2.40. The van der Waals surface area contributed by atoms with E-state index in [0.29, 0.717) is 5.92 Å². The van der Waals surface area contributed by atoms with Gasteiger partial charge in [-0.2, -0.15) is 0 Å². The number of hydrogen-bond acceptors (Lipinski definition) is 0. The van der Waals surface area contributed by atoms with Gasteiger partial charge in [0.05, 0.1) is 0 Å².